The Hall–Kier alpha value is -1.89. The summed E-state index contributed by atoms with van der Waals surface area (Å²) < 4.78 is 1.03. The molecule has 7 heteroatoms. The molecule has 1 saturated heterocycles. The van der Waals surface area contributed by atoms with Crippen molar-refractivity contribution in [2.24, 2.45) is 0 Å². The molecule has 1 atom stereocenters. The van der Waals surface area contributed by atoms with Gasteiger partial charge in [0.05, 0.1) is 6.54 Å². The standard InChI is InChI=1S/C15H18BrN3O3/c1-10(2-3-11-4-6-12(16)7-5-11)18-13(20)9-19-14(21)8-17-15(19)22/h4-7,10H,2-3,8-9H2,1H3,(H,17,22)(H,18,20). The Morgan fingerprint density at radius 1 is 1.36 bits per heavy atom. The molecule has 1 heterocycles. The molecule has 6 nitrogen and oxygen atoms in total. The first-order valence-electron chi connectivity index (χ1n) is 7.07. The van der Waals surface area contributed by atoms with Crippen molar-refractivity contribution in [3.8, 4) is 0 Å². The lowest BCUT2D eigenvalue weighted by atomic mass is 10.1. The van der Waals surface area contributed by atoms with E-state index in [4.69, 9.17) is 0 Å². The number of amides is 4. The van der Waals surface area contributed by atoms with E-state index in [9.17, 15) is 14.4 Å². The second-order valence-electron chi connectivity index (χ2n) is 5.27. The molecule has 2 rings (SSSR count). The molecule has 2 N–H and O–H groups in total. The number of imide groups is 1. The normalized spacial score (nSPS) is 15.6. The lowest BCUT2D eigenvalue weighted by molar-refractivity contribution is -0.130. The average molecular weight is 368 g/mol. The van der Waals surface area contributed by atoms with Gasteiger partial charge in [0.15, 0.2) is 0 Å². The minimum absolute atomic E-state index is 0.0306. The van der Waals surface area contributed by atoms with Gasteiger partial charge >= 0.3 is 6.03 Å². The number of nitrogens with one attached hydrogen (secondary N) is 2. The first kappa shape index (κ1) is 16.5. The summed E-state index contributed by atoms with van der Waals surface area (Å²) >= 11 is 3.39. The summed E-state index contributed by atoms with van der Waals surface area (Å²) in [5, 5.41) is 5.19. The number of rotatable bonds is 6. The Morgan fingerprint density at radius 2 is 2.05 bits per heavy atom. The maximum atomic E-state index is 11.9. The summed E-state index contributed by atoms with van der Waals surface area (Å²) in [6.45, 7) is 1.64. The second-order valence-corrected chi connectivity index (χ2v) is 6.19. The molecule has 1 unspecified atom stereocenters. The molecule has 1 aromatic rings. The number of hydrogen-bond acceptors (Lipinski definition) is 3. The van der Waals surface area contributed by atoms with E-state index in [0.29, 0.717) is 0 Å². The van der Waals surface area contributed by atoms with Gasteiger partial charge in [-0.25, -0.2) is 4.79 Å². The minimum atomic E-state index is -0.511. The molecular formula is C15H18BrN3O3. The molecule has 1 aromatic carbocycles. The van der Waals surface area contributed by atoms with Crippen molar-refractivity contribution in [3.63, 3.8) is 0 Å². The zero-order valence-electron chi connectivity index (χ0n) is 12.3. The maximum Gasteiger partial charge on any atom is 0.325 e. The van der Waals surface area contributed by atoms with Gasteiger partial charge in [-0.15, -0.1) is 0 Å². The lowest BCUT2D eigenvalue weighted by Gasteiger charge is -2.16. The van der Waals surface area contributed by atoms with Gasteiger partial charge in [-0.2, -0.15) is 0 Å². The smallest absolute Gasteiger partial charge is 0.325 e. The topological polar surface area (TPSA) is 78.5 Å². The van der Waals surface area contributed by atoms with Gasteiger partial charge < -0.3 is 10.6 Å². The van der Waals surface area contributed by atoms with Gasteiger partial charge in [-0.1, -0.05) is 28.1 Å². The van der Waals surface area contributed by atoms with Crippen molar-refractivity contribution in [2.75, 3.05) is 13.1 Å². The summed E-state index contributed by atoms with van der Waals surface area (Å²) in [7, 11) is 0. The van der Waals surface area contributed by atoms with Gasteiger partial charge in [0, 0.05) is 10.5 Å². The monoisotopic (exact) mass is 367 g/mol. The minimum Gasteiger partial charge on any atom is -0.352 e. The van der Waals surface area contributed by atoms with Crippen LogP contribution >= 0.6 is 15.9 Å². The fourth-order valence-corrected chi connectivity index (χ4v) is 2.45. The summed E-state index contributed by atoms with van der Waals surface area (Å²) in [6.07, 6.45) is 1.63. The predicted octanol–water partition coefficient (Wildman–Crippen LogP) is 1.44. The summed E-state index contributed by atoms with van der Waals surface area (Å²) in [5.41, 5.74) is 1.19. The van der Waals surface area contributed by atoms with E-state index in [0.717, 1.165) is 22.2 Å². The fourth-order valence-electron chi connectivity index (χ4n) is 2.19. The predicted molar refractivity (Wildman–Crippen MR) is 85.2 cm³/mol. The first-order chi connectivity index (χ1) is 10.5. The van der Waals surface area contributed by atoms with Crippen molar-refractivity contribution < 1.29 is 14.4 Å². The van der Waals surface area contributed by atoms with Crippen LogP contribution in [0.1, 0.15) is 18.9 Å². The number of hydrogen-bond donors (Lipinski definition) is 2. The van der Waals surface area contributed by atoms with Crippen LogP contribution in [0.5, 0.6) is 0 Å². The van der Waals surface area contributed by atoms with E-state index < -0.39 is 6.03 Å². The van der Waals surface area contributed by atoms with E-state index in [1.807, 2.05) is 31.2 Å². The Balaban J connectivity index is 1.75. The molecule has 1 aliphatic heterocycles. The van der Waals surface area contributed by atoms with Crippen LogP contribution < -0.4 is 10.6 Å². The van der Waals surface area contributed by atoms with Crippen LogP contribution in [0.25, 0.3) is 0 Å². The van der Waals surface area contributed by atoms with Crippen LogP contribution in [-0.2, 0) is 16.0 Å². The molecule has 22 heavy (non-hydrogen) atoms. The zero-order chi connectivity index (χ0) is 16.1. The summed E-state index contributed by atoms with van der Waals surface area (Å²) in [4.78, 5) is 35.5. The lowest BCUT2D eigenvalue weighted by Crippen LogP contribution is -2.43. The first-order valence-corrected chi connectivity index (χ1v) is 7.87. The van der Waals surface area contributed by atoms with Crippen molar-refractivity contribution in [1.29, 1.82) is 0 Å². The van der Waals surface area contributed by atoms with Crippen LogP contribution in [0, 0.1) is 0 Å². The number of nitrogens with zero attached hydrogens (tertiary/aromatic N) is 1. The third-order valence-corrected chi connectivity index (χ3v) is 3.95. The Kier molecular flexibility index (Phi) is 5.54. The molecule has 118 valence electrons. The van der Waals surface area contributed by atoms with E-state index in [1.165, 1.54) is 5.56 Å². The van der Waals surface area contributed by atoms with Crippen molar-refractivity contribution >= 4 is 33.8 Å². The van der Waals surface area contributed by atoms with E-state index >= 15 is 0 Å². The van der Waals surface area contributed by atoms with Gasteiger partial charge in [0.25, 0.3) is 5.91 Å². The van der Waals surface area contributed by atoms with Crippen molar-refractivity contribution in [2.45, 2.75) is 25.8 Å². The van der Waals surface area contributed by atoms with Gasteiger partial charge in [-0.3, -0.25) is 14.5 Å². The molecule has 0 radical (unpaired) electrons. The highest BCUT2D eigenvalue weighted by Crippen LogP contribution is 2.12. The van der Waals surface area contributed by atoms with Crippen LogP contribution in [0.2, 0.25) is 0 Å². The highest BCUT2D eigenvalue weighted by atomic mass is 79.9. The van der Waals surface area contributed by atoms with Crippen LogP contribution in [0.4, 0.5) is 4.79 Å². The number of halogens is 1. The van der Waals surface area contributed by atoms with Gasteiger partial charge in [0.1, 0.15) is 6.54 Å². The molecule has 0 aromatic heterocycles. The number of carbonyl (C=O) groups excluding carboxylic acids is 3. The third-order valence-electron chi connectivity index (χ3n) is 3.43. The van der Waals surface area contributed by atoms with Crippen molar-refractivity contribution in [3.05, 3.63) is 34.3 Å². The number of urea groups is 1. The zero-order valence-corrected chi connectivity index (χ0v) is 13.9. The van der Waals surface area contributed by atoms with Crippen LogP contribution in [0.15, 0.2) is 28.7 Å². The molecule has 1 fully saturated rings. The molecule has 0 aliphatic carbocycles. The number of benzene rings is 1. The summed E-state index contributed by atoms with van der Waals surface area (Å²) in [5.74, 6) is -0.698. The molecule has 4 amide bonds. The van der Waals surface area contributed by atoms with E-state index in [1.54, 1.807) is 0 Å². The second kappa shape index (κ2) is 7.40. The van der Waals surface area contributed by atoms with E-state index in [-0.39, 0.29) is 30.9 Å². The van der Waals surface area contributed by atoms with Gasteiger partial charge in [0.2, 0.25) is 5.91 Å². The molecule has 1 aliphatic rings. The number of aryl methyl sites for hydroxylation is 1. The Labute approximate surface area is 137 Å². The maximum absolute atomic E-state index is 11.9. The Bertz CT molecular complexity index is 558. The quantitative estimate of drug-likeness (QED) is 0.746. The largest absolute Gasteiger partial charge is 0.352 e. The van der Waals surface area contributed by atoms with Gasteiger partial charge in [-0.05, 0) is 37.5 Å². The van der Waals surface area contributed by atoms with E-state index in [2.05, 4.69) is 26.6 Å². The van der Waals surface area contributed by atoms with Crippen LogP contribution in [0.3, 0.4) is 0 Å². The molecule has 0 bridgehead atoms. The highest BCUT2D eigenvalue weighted by Gasteiger charge is 2.30. The SMILES string of the molecule is CC(CCc1ccc(Br)cc1)NC(=O)CN1C(=O)CNC1=O. The summed E-state index contributed by atoms with van der Waals surface area (Å²) in [6, 6.07) is 7.49. The number of carbonyl (C=O) groups is 3. The van der Waals surface area contributed by atoms with Crippen LogP contribution in [-0.4, -0.2) is 41.9 Å². The Morgan fingerprint density at radius 3 is 2.64 bits per heavy atom. The molecule has 0 saturated carbocycles. The molecular weight excluding hydrogens is 350 g/mol. The highest BCUT2D eigenvalue weighted by molar-refractivity contribution is 9.10. The van der Waals surface area contributed by atoms with Crippen molar-refractivity contribution in [1.82, 2.24) is 15.5 Å². The molecule has 0 spiro atoms. The fraction of sp³-hybridized carbons (Fsp3) is 0.400. The third kappa shape index (κ3) is 4.56. The average Bonchev–Trinajstić information content (AvgIpc) is 2.78.